The normalized spacial score (nSPS) is 15.9. The van der Waals surface area contributed by atoms with E-state index in [0.717, 1.165) is 5.56 Å². The van der Waals surface area contributed by atoms with E-state index < -0.39 is 17.6 Å². The summed E-state index contributed by atoms with van der Waals surface area (Å²) in [5.41, 5.74) is -0.431. The van der Waals surface area contributed by atoms with E-state index in [1.54, 1.807) is 0 Å². The van der Waals surface area contributed by atoms with E-state index in [-0.39, 0.29) is 25.2 Å². The van der Waals surface area contributed by atoms with Gasteiger partial charge in [-0.1, -0.05) is 30.3 Å². The van der Waals surface area contributed by atoms with E-state index in [1.165, 1.54) is 7.11 Å². The smallest absolute Gasteiger partial charge is 0.408 e. The molecule has 0 spiro atoms. The largest absolute Gasteiger partial charge is 0.467 e. The monoisotopic (exact) mass is 277 g/mol. The van der Waals surface area contributed by atoms with Crippen molar-refractivity contribution >= 4 is 17.8 Å². The number of alkyl carbamates (subject to hydrolysis) is 1. The highest BCUT2D eigenvalue weighted by Gasteiger charge is 2.52. The van der Waals surface area contributed by atoms with E-state index in [9.17, 15) is 14.4 Å². The van der Waals surface area contributed by atoms with Crippen LogP contribution in [-0.2, 0) is 25.7 Å². The summed E-state index contributed by atoms with van der Waals surface area (Å²) >= 11 is 0. The van der Waals surface area contributed by atoms with Gasteiger partial charge in [-0.05, 0) is 5.56 Å². The second kappa shape index (κ2) is 5.73. The lowest BCUT2D eigenvalue weighted by molar-refractivity contribution is -0.157. The zero-order valence-corrected chi connectivity index (χ0v) is 11.0. The van der Waals surface area contributed by atoms with Crippen LogP contribution < -0.4 is 5.32 Å². The predicted octanol–water partition coefficient (Wildman–Crippen LogP) is 1.19. The van der Waals surface area contributed by atoms with Crippen LogP contribution in [0.5, 0.6) is 0 Å². The minimum Gasteiger partial charge on any atom is -0.467 e. The van der Waals surface area contributed by atoms with Crippen LogP contribution in [0.3, 0.4) is 0 Å². The van der Waals surface area contributed by atoms with Crippen molar-refractivity contribution in [3.63, 3.8) is 0 Å². The number of rotatable bonds is 4. The maximum atomic E-state index is 11.7. The number of esters is 1. The highest BCUT2D eigenvalue weighted by atomic mass is 16.6. The Kier molecular flexibility index (Phi) is 4.02. The highest BCUT2D eigenvalue weighted by molar-refractivity contribution is 6.02. The molecule has 1 aromatic rings. The Labute approximate surface area is 116 Å². The summed E-state index contributed by atoms with van der Waals surface area (Å²) < 4.78 is 9.63. The molecule has 1 N–H and O–H groups in total. The number of carbonyl (C=O) groups excluding carboxylic acids is 3. The number of Topliss-reactive ketones (excluding diaryl/α,β-unsaturated/α-hetero) is 1. The molecule has 6 heteroatoms. The second-order valence-corrected chi connectivity index (χ2v) is 4.65. The van der Waals surface area contributed by atoms with Crippen molar-refractivity contribution in [2.45, 2.75) is 25.0 Å². The number of benzene rings is 1. The summed E-state index contributed by atoms with van der Waals surface area (Å²) in [4.78, 5) is 34.4. The van der Waals surface area contributed by atoms with Crippen molar-refractivity contribution in [2.75, 3.05) is 7.11 Å². The van der Waals surface area contributed by atoms with Gasteiger partial charge < -0.3 is 14.8 Å². The average Bonchev–Trinajstić information content (AvgIpc) is 2.43. The number of nitrogens with one attached hydrogen (secondary N) is 1. The Morgan fingerprint density at radius 1 is 1.25 bits per heavy atom. The Hall–Kier alpha value is -2.37. The third-order valence-corrected chi connectivity index (χ3v) is 3.13. The number of methoxy groups -OCH3 is 1. The van der Waals surface area contributed by atoms with Gasteiger partial charge in [-0.25, -0.2) is 9.59 Å². The van der Waals surface area contributed by atoms with Gasteiger partial charge in [0.2, 0.25) is 0 Å². The Morgan fingerprint density at radius 3 is 2.45 bits per heavy atom. The number of amides is 1. The van der Waals surface area contributed by atoms with Gasteiger partial charge in [0.05, 0.1) is 7.11 Å². The van der Waals surface area contributed by atoms with E-state index in [1.807, 2.05) is 30.3 Å². The van der Waals surface area contributed by atoms with Crippen molar-refractivity contribution < 1.29 is 23.9 Å². The fourth-order valence-electron chi connectivity index (χ4n) is 2.06. The van der Waals surface area contributed by atoms with Crippen LogP contribution in [0.25, 0.3) is 0 Å². The van der Waals surface area contributed by atoms with Crippen molar-refractivity contribution in [1.82, 2.24) is 5.32 Å². The zero-order valence-electron chi connectivity index (χ0n) is 11.0. The van der Waals surface area contributed by atoms with Crippen LogP contribution in [0.1, 0.15) is 18.4 Å². The summed E-state index contributed by atoms with van der Waals surface area (Å²) in [6.07, 6.45) is -0.855. The molecule has 20 heavy (non-hydrogen) atoms. The van der Waals surface area contributed by atoms with Gasteiger partial charge in [-0.15, -0.1) is 0 Å². The van der Waals surface area contributed by atoms with Gasteiger partial charge in [-0.2, -0.15) is 0 Å². The van der Waals surface area contributed by atoms with E-state index >= 15 is 0 Å². The lowest BCUT2D eigenvalue weighted by Gasteiger charge is -2.37. The Morgan fingerprint density at radius 2 is 1.90 bits per heavy atom. The Bertz CT molecular complexity index is 518. The van der Waals surface area contributed by atoms with Crippen LogP contribution in [-0.4, -0.2) is 30.5 Å². The van der Waals surface area contributed by atoms with E-state index in [4.69, 9.17) is 4.74 Å². The average molecular weight is 277 g/mol. The lowest BCUT2D eigenvalue weighted by atomic mass is 9.75. The third kappa shape index (κ3) is 2.96. The molecule has 2 rings (SSSR count). The maximum Gasteiger partial charge on any atom is 0.408 e. The maximum absolute atomic E-state index is 11.7. The van der Waals surface area contributed by atoms with Crippen LogP contribution in [0.4, 0.5) is 4.79 Å². The van der Waals surface area contributed by atoms with Gasteiger partial charge in [0, 0.05) is 12.8 Å². The first-order chi connectivity index (χ1) is 9.55. The molecule has 1 aromatic carbocycles. The number of hydrogen-bond donors (Lipinski definition) is 1. The van der Waals surface area contributed by atoms with Gasteiger partial charge >= 0.3 is 12.1 Å². The molecule has 0 bridgehead atoms. The molecular formula is C14H15NO5. The summed E-state index contributed by atoms with van der Waals surface area (Å²) in [7, 11) is 1.21. The van der Waals surface area contributed by atoms with Crippen LogP contribution in [0.15, 0.2) is 30.3 Å². The SMILES string of the molecule is COC(=O)C1(NC(=O)OCc2ccccc2)CC(=O)C1. The highest BCUT2D eigenvalue weighted by Crippen LogP contribution is 2.30. The first-order valence-electron chi connectivity index (χ1n) is 6.15. The topological polar surface area (TPSA) is 81.7 Å². The first-order valence-corrected chi connectivity index (χ1v) is 6.15. The number of hydrogen-bond acceptors (Lipinski definition) is 5. The number of ketones is 1. The predicted molar refractivity (Wildman–Crippen MR) is 68.8 cm³/mol. The van der Waals surface area contributed by atoms with Crippen LogP contribution >= 0.6 is 0 Å². The second-order valence-electron chi connectivity index (χ2n) is 4.65. The van der Waals surface area contributed by atoms with Crippen LogP contribution in [0.2, 0.25) is 0 Å². The molecule has 0 aliphatic heterocycles. The minimum atomic E-state index is -1.26. The Balaban J connectivity index is 1.90. The van der Waals surface area contributed by atoms with E-state index in [2.05, 4.69) is 10.1 Å². The molecule has 0 radical (unpaired) electrons. The van der Waals surface area contributed by atoms with Crippen molar-refractivity contribution in [2.24, 2.45) is 0 Å². The summed E-state index contributed by atoms with van der Waals surface area (Å²) in [6.45, 7) is 0.0951. The lowest BCUT2D eigenvalue weighted by Crippen LogP contribution is -2.63. The molecule has 1 aliphatic carbocycles. The molecule has 1 amide bonds. The fraction of sp³-hybridized carbons (Fsp3) is 0.357. The van der Waals surface area contributed by atoms with Gasteiger partial charge in [-0.3, -0.25) is 4.79 Å². The van der Waals surface area contributed by atoms with Gasteiger partial charge in [0.1, 0.15) is 12.4 Å². The van der Waals surface area contributed by atoms with Crippen molar-refractivity contribution in [1.29, 1.82) is 0 Å². The molecule has 6 nitrogen and oxygen atoms in total. The van der Waals surface area contributed by atoms with Crippen molar-refractivity contribution in [3.05, 3.63) is 35.9 Å². The first kappa shape index (κ1) is 14.0. The summed E-state index contributed by atoms with van der Waals surface area (Å²) in [5.74, 6) is -0.729. The van der Waals surface area contributed by atoms with Gasteiger partial charge in [0.15, 0.2) is 5.54 Å². The molecule has 0 atom stereocenters. The molecule has 0 aromatic heterocycles. The molecule has 0 saturated heterocycles. The molecule has 0 heterocycles. The van der Waals surface area contributed by atoms with Crippen LogP contribution in [0, 0.1) is 0 Å². The third-order valence-electron chi connectivity index (χ3n) is 3.13. The molecule has 0 unspecified atom stereocenters. The molecule has 1 fully saturated rings. The summed E-state index contributed by atoms with van der Waals surface area (Å²) in [6, 6.07) is 9.15. The molecule has 1 saturated carbocycles. The molecule has 106 valence electrons. The quantitative estimate of drug-likeness (QED) is 0.836. The molecular weight excluding hydrogens is 262 g/mol. The minimum absolute atomic E-state index is 0.0554. The molecule has 1 aliphatic rings. The van der Waals surface area contributed by atoms with Gasteiger partial charge in [0.25, 0.3) is 0 Å². The number of carbonyl (C=O) groups is 3. The van der Waals surface area contributed by atoms with Crippen molar-refractivity contribution in [3.8, 4) is 0 Å². The fourth-order valence-corrected chi connectivity index (χ4v) is 2.06. The van der Waals surface area contributed by atoms with E-state index in [0.29, 0.717) is 0 Å². The number of ether oxygens (including phenoxy) is 2. The standard InChI is InChI=1S/C14H15NO5/c1-19-12(17)14(7-11(16)8-14)15-13(18)20-9-10-5-3-2-4-6-10/h2-6H,7-9H2,1H3,(H,15,18). The summed E-state index contributed by atoms with van der Waals surface area (Å²) in [5, 5.41) is 2.42. The zero-order chi connectivity index (χ0) is 14.6.